The van der Waals surface area contributed by atoms with E-state index >= 15 is 0 Å². The van der Waals surface area contributed by atoms with Crippen molar-refractivity contribution in [1.82, 2.24) is 10.3 Å². The van der Waals surface area contributed by atoms with E-state index in [0.29, 0.717) is 0 Å². The molecule has 0 saturated heterocycles. The van der Waals surface area contributed by atoms with Gasteiger partial charge in [-0.2, -0.15) is 34.8 Å². The number of esters is 1. The molecule has 1 atom stereocenters. The van der Waals surface area contributed by atoms with Crippen LogP contribution in [0.2, 0.25) is 0 Å². The molecule has 1 aromatic rings. The quantitative estimate of drug-likeness (QED) is 0.276. The van der Waals surface area contributed by atoms with Crippen molar-refractivity contribution in [1.29, 1.82) is 0 Å². The largest absolute Gasteiger partial charge is 0.534 e. The van der Waals surface area contributed by atoms with Crippen LogP contribution < -0.4 is 9.50 Å². The van der Waals surface area contributed by atoms with Crippen molar-refractivity contribution in [2.45, 2.75) is 50.5 Å². The van der Waals surface area contributed by atoms with Crippen LogP contribution in [0.4, 0.5) is 31.1 Å². The second-order valence-corrected chi connectivity index (χ2v) is 8.63. The second-order valence-electron chi connectivity index (χ2n) is 7.10. The number of aromatic nitrogens is 1. The molecule has 182 valence electrons. The maximum atomic E-state index is 13.0. The van der Waals surface area contributed by atoms with Gasteiger partial charge in [0.1, 0.15) is 11.6 Å². The van der Waals surface area contributed by atoms with Gasteiger partial charge < -0.3 is 19.0 Å². The zero-order chi connectivity index (χ0) is 25.1. The van der Waals surface area contributed by atoms with Crippen molar-refractivity contribution in [2.75, 3.05) is 7.11 Å². The van der Waals surface area contributed by atoms with Crippen LogP contribution >= 0.6 is 0 Å². The number of alkyl carbamates (subject to hydrolysis) is 1. The fourth-order valence-corrected chi connectivity index (χ4v) is 2.48. The average molecular weight is 496 g/mol. The molecule has 1 amide bonds. The van der Waals surface area contributed by atoms with Crippen LogP contribution in [-0.2, 0) is 37.0 Å². The van der Waals surface area contributed by atoms with Crippen LogP contribution in [0.5, 0.6) is 5.88 Å². The Kier molecular flexibility index (Phi) is 7.99. The molecule has 1 rings (SSSR count). The number of amides is 1. The number of halogens is 6. The van der Waals surface area contributed by atoms with Crippen LogP contribution in [0.1, 0.15) is 31.9 Å². The Morgan fingerprint density at radius 2 is 1.69 bits per heavy atom. The van der Waals surface area contributed by atoms with Gasteiger partial charge in [0.05, 0.1) is 12.7 Å². The SMILES string of the molecule is COC(=O)[C@H](Cc1cc(C(F)(F)F)cnc1OS(=O)(=O)C(F)(F)F)NC(=O)OC(C)(C)C. The first-order valence-electron chi connectivity index (χ1n) is 8.41. The lowest BCUT2D eigenvalue weighted by atomic mass is 10.1. The summed E-state index contributed by atoms with van der Waals surface area (Å²) in [7, 11) is -5.44. The normalized spacial score (nSPS) is 13.8. The molecule has 1 heterocycles. The molecule has 0 saturated carbocycles. The summed E-state index contributed by atoms with van der Waals surface area (Å²) in [6.45, 7) is 4.39. The summed E-state index contributed by atoms with van der Waals surface area (Å²) in [5, 5.41) is 1.98. The third kappa shape index (κ3) is 7.72. The minimum atomic E-state index is -6.30. The van der Waals surface area contributed by atoms with Crippen molar-refractivity contribution in [3.8, 4) is 5.88 Å². The molecular weight excluding hydrogens is 478 g/mol. The van der Waals surface area contributed by atoms with Gasteiger partial charge in [-0.3, -0.25) is 0 Å². The lowest BCUT2D eigenvalue weighted by molar-refractivity contribution is -0.143. The highest BCUT2D eigenvalue weighted by Crippen LogP contribution is 2.33. The summed E-state index contributed by atoms with van der Waals surface area (Å²) < 4.78 is 113. The molecule has 0 bridgehead atoms. The van der Waals surface area contributed by atoms with Gasteiger partial charge in [0.15, 0.2) is 0 Å². The highest BCUT2D eigenvalue weighted by Gasteiger charge is 2.49. The Morgan fingerprint density at radius 3 is 2.12 bits per heavy atom. The van der Waals surface area contributed by atoms with E-state index in [1.54, 1.807) is 0 Å². The standard InChI is InChI=1S/C16H18F6N2O7S/c1-14(2,3)30-13(26)24-10(12(25)29-4)6-8-5-9(15(17,18)19)7-23-11(8)31-32(27,28)16(20,21)22/h5,7,10H,6H2,1-4H3,(H,24,26)/t10-/m0/s1. The van der Waals surface area contributed by atoms with E-state index in [9.17, 15) is 44.3 Å². The minimum Gasteiger partial charge on any atom is -0.467 e. The van der Waals surface area contributed by atoms with Gasteiger partial charge in [-0.15, -0.1) is 0 Å². The van der Waals surface area contributed by atoms with E-state index in [4.69, 9.17) is 4.74 Å². The van der Waals surface area contributed by atoms with E-state index < -0.39 is 68.9 Å². The van der Waals surface area contributed by atoms with Crippen LogP contribution in [0.15, 0.2) is 12.3 Å². The smallest absolute Gasteiger partial charge is 0.467 e. The van der Waals surface area contributed by atoms with Gasteiger partial charge in [-0.1, -0.05) is 0 Å². The first-order chi connectivity index (χ1) is 14.3. The van der Waals surface area contributed by atoms with E-state index in [-0.39, 0.29) is 12.3 Å². The summed E-state index contributed by atoms with van der Waals surface area (Å²) >= 11 is 0. The predicted octanol–water partition coefficient (Wildman–Crippen LogP) is 2.94. The molecule has 0 spiro atoms. The van der Waals surface area contributed by atoms with Crippen LogP contribution in [0.25, 0.3) is 0 Å². The zero-order valence-electron chi connectivity index (χ0n) is 16.9. The van der Waals surface area contributed by atoms with Crippen molar-refractivity contribution in [3.05, 3.63) is 23.4 Å². The molecule has 9 nitrogen and oxygen atoms in total. The maximum absolute atomic E-state index is 13.0. The molecule has 1 N–H and O–H groups in total. The molecule has 1 aromatic heterocycles. The number of nitrogens with one attached hydrogen (secondary N) is 1. The number of hydrogen-bond acceptors (Lipinski definition) is 8. The van der Waals surface area contributed by atoms with Crippen molar-refractivity contribution < 1.29 is 58.0 Å². The van der Waals surface area contributed by atoms with Gasteiger partial charge in [0.2, 0.25) is 5.88 Å². The molecule has 0 unspecified atom stereocenters. The summed E-state index contributed by atoms with van der Waals surface area (Å²) in [6, 6.07) is -1.57. The highest BCUT2D eigenvalue weighted by molar-refractivity contribution is 7.87. The average Bonchev–Trinajstić information content (AvgIpc) is 2.58. The monoisotopic (exact) mass is 496 g/mol. The molecule has 0 radical (unpaired) electrons. The Morgan fingerprint density at radius 1 is 1.12 bits per heavy atom. The second kappa shape index (κ2) is 9.38. The number of rotatable bonds is 6. The Balaban J connectivity index is 3.42. The summed E-state index contributed by atoms with van der Waals surface area (Å²) in [5.74, 6) is -2.60. The third-order valence-corrected chi connectivity index (χ3v) is 4.27. The number of methoxy groups -OCH3 is 1. The number of carbonyl (C=O) groups excluding carboxylic acids is 2. The van der Waals surface area contributed by atoms with Crippen LogP contribution in [0, 0.1) is 0 Å². The van der Waals surface area contributed by atoms with E-state index in [1.807, 2.05) is 5.32 Å². The fraction of sp³-hybridized carbons (Fsp3) is 0.562. The Labute approximate surface area is 178 Å². The van der Waals surface area contributed by atoms with Crippen molar-refractivity contribution in [3.63, 3.8) is 0 Å². The van der Waals surface area contributed by atoms with Gasteiger partial charge in [-0.25, -0.2) is 14.6 Å². The first kappa shape index (κ1) is 27.3. The summed E-state index contributed by atoms with van der Waals surface area (Å²) in [6.07, 6.45) is -7.18. The van der Waals surface area contributed by atoms with Gasteiger partial charge >= 0.3 is 33.9 Å². The van der Waals surface area contributed by atoms with Crippen molar-refractivity contribution in [2.24, 2.45) is 0 Å². The Hall–Kier alpha value is -2.78. The van der Waals surface area contributed by atoms with E-state index in [0.717, 1.165) is 7.11 Å². The topological polar surface area (TPSA) is 121 Å². The lowest BCUT2D eigenvalue weighted by Gasteiger charge is -2.23. The zero-order valence-corrected chi connectivity index (χ0v) is 17.7. The third-order valence-electron chi connectivity index (χ3n) is 3.33. The molecule has 0 aromatic carbocycles. The fourth-order valence-electron chi connectivity index (χ4n) is 2.03. The van der Waals surface area contributed by atoms with Crippen LogP contribution in [0.3, 0.4) is 0 Å². The molecule has 0 aliphatic heterocycles. The Bertz CT molecular complexity index is 955. The number of pyridine rings is 1. The minimum absolute atomic E-state index is 0.0408. The maximum Gasteiger partial charge on any atom is 0.534 e. The number of alkyl halides is 6. The number of nitrogens with zero attached hydrogens (tertiary/aromatic N) is 1. The molecule has 0 aliphatic carbocycles. The van der Waals surface area contributed by atoms with E-state index in [2.05, 4.69) is 13.9 Å². The van der Waals surface area contributed by atoms with Crippen molar-refractivity contribution >= 4 is 22.2 Å². The number of hydrogen-bond donors (Lipinski definition) is 1. The highest BCUT2D eigenvalue weighted by atomic mass is 32.2. The first-order valence-corrected chi connectivity index (χ1v) is 9.82. The molecule has 16 heteroatoms. The van der Waals surface area contributed by atoms with E-state index in [1.165, 1.54) is 20.8 Å². The predicted molar refractivity (Wildman–Crippen MR) is 93.7 cm³/mol. The lowest BCUT2D eigenvalue weighted by Crippen LogP contribution is -2.45. The molecular formula is C16H18F6N2O7S. The molecule has 32 heavy (non-hydrogen) atoms. The van der Waals surface area contributed by atoms with Gasteiger partial charge in [0, 0.05) is 18.2 Å². The summed E-state index contributed by atoms with van der Waals surface area (Å²) in [5.41, 5.74) is -9.33. The molecule has 0 aliphatic rings. The number of carbonyl (C=O) groups is 2. The van der Waals surface area contributed by atoms with Crippen LogP contribution in [-0.4, -0.2) is 49.7 Å². The number of ether oxygens (including phenoxy) is 2. The van der Waals surface area contributed by atoms with Gasteiger partial charge in [0.25, 0.3) is 0 Å². The summed E-state index contributed by atoms with van der Waals surface area (Å²) in [4.78, 5) is 26.9. The van der Waals surface area contributed by atoms with Gasteiger partial charge in [-0.05, 0) is 26.8 Å². The molecule has 0 fully saturated rings.